The molecule has 1 aromatic heterocycles. The zero-order valence-corrected chi connectivity index (χ0v) is 9.68. The number of nitrogens with one attached hydrogen (secondary N) is 1. The van der Waals surface area contributed by atoms with E-state index in [1.54, 1.807) is 0 Å². The molecule has 1 aromatic rings. The molecule has 0 aromatic carbocycles. The second kappa shape index (κ2) is 4.41. The monoisotopic (exact) mass is 210 g/mol. The molecule has 0 radical (unpaired) electrons. The Kier molecular flexibility index (Phi) is 3.19. The molecule has 0 aliphatic carbocycles. The Bertz CT molecular complexity index is 269. The number of hydrogen-bond donors (Lipinski definition) is 1. The number of hydrogen-bond acceptors (Lipinski definition) is 3. The Labute approximate surface area is 89.8 Å². The van der Waals surface area contributed by atoms with E-state index in [4.69, 9.17) is 0 Å². The van der Waals surface area contributed by atoms with E-state index in [1.807, 2.05) is 17.5 Å². The van der Waals surface area contributed by atoms with Crippen molar-refractivity contribution in [2.45, 2.75) is 26.2 Å². The molecule has 3 heteroatoms. The maximum absolute atomic E-state index is 4.46. The van der Waals surface area contributed by atoms with Gasteiger partial charge in [-0.1, -0.05) is 13.8 Å². The van der Waals surface area contributed by atoms with Gasteiger partial charge in [0.2, 0.25) is 0 Å². The highest BCUT2D eigenvalue weighted by Crippen LogP contribution is 2.35. The number of piperidine rings is 1. The van der Waals surface area contributed by atoms with E-state index >= 15 is 0 Å². The van der Waals surface area contributed by atoms with E-state index in [-0.39, 0.29) is 0 Å². The average molecular weight is 210 g/mol. The lowest BCUT2D eigenvalue weighted by atomic mass is 9.79. The normalized spacial score (nSPS) is 28.2. The van der Waals surface area contributed by atoms with Crippen molar-refractivity contribution in [3.63, 3.8) is 0 Å². The van der Waals surface area contributed by atoms with Crippen molar-refractivity contribution in [2.24, 2.45) is 11.8 Å². The molecule has 2 atom stereocenters. The van der Waals surface area contributed by atoms with Crippen molar-refractivity contribution in [2.75, 3.05) is 13.1 Å². The summed E-state index contributed by atoms with van der Waals surface area (Å²) in [7, 11) is 0. The van der Waals surface area contributed by atoms with Crippen LogP contribution in [0.3, 0.4) is 0 Å². The Morgan fingerprint density at radius 3 is 3.07 bits per heavy atom. The molecule has 1 aliphatic rings. The van der Waals surface area contributed by atoms with Crippen LogP contribution in [-0.2, 0) is 0 Å². The van der Waals surface area contributed by atoms with Crippen LogP contribution in [0.5, 0.6) is 0 Å². The van der Waals surface area contributed by atoms with E-state index in [2.05, 4.69) is 29.5 Å². The Hall–Kier alpha value is -0.410. The zero-order chi connectivity index (χ0) is 9.97. The van der Waals surface area contributed by atoms with Gasteiger partial charge in [-0.05, 0) is 31.3 Å². The van der Waals surface area contributed by atoms with Gasteiger partial charge < -0.3 is 5.32 Å². The van der Waals surface area contributed by atoms with E-state index in [0.717, 1.165) is 24.9 Å². The Balaban J connectivity index is 2.14. The average Bonchev–Trinajstić information content (AvgIpc) is 2.70. The fraction of sp³-hybridized carbons (Fsp3) is 0.727. The molecule has 0 amide bonds. The van der Waals surface area contributed by atoms with E-state index in [0.29, 0.717) is 5.92 Å². The lowest BCUT2D eigenvalue weighted by molar-refractivity contribution is 0.255. The largest absolute Gasteiger partial charge is 0.316 e. The highest BCUT2D eigenvalue weighted by Gasteiger charge is 2.29. The van der Waals surface area contributed by atoms with Crippen molar-refractivity contribution in [3.05, 3.63) is 16.6 Å². The maximum Gasteiger partial charge on any atom is 0.0959 e. The molecular formula is C11H18N2S. The number of thiazole rings is 1. The smallest absolute Gasteiger partial charge is 0.0959 e. The minimum atomic E-state index is 0.691. The molecule has 1 saturated heterocycles. The van der Waals surface area contributed by atoms with Gasteiger partial charge in [0.1, 0.15) is 0 Å². The standard InChI is InChI=1S/C11H18N2S/c1-8(2)10-7-12-4-3-9(10)11-13-5-6-14-11/h5-6,8-10,12H,3-4,7H2,1-2H3. The van der Waals surface area contributed by atoms with Crippen molar-refractivity contribution in [1.29, 1.82) is 0 Å². The van der Waals surface area contributed by atoms with Crippen molar-refractivity contribution in [1.82, 2.24) is 10.3 Å². The minimum Gasteiger partial charge on any atom is -0.316 e. The van der Waals surface area contributed by atoms with Gasteiger partial charge in [-0.15, -0.1) is 11.3 Å². The summed E-state index contributed by atoms with van der Waals surface area (Å²) in [4.78, 5) is 4.46. The first kappa shape index (κ1) is 10.1. The number of aromatic nitrogens is 1. The maximum atomic E-state index is 4.46. The Morgan fingerprint density at radius 1 is 1.57 bits per heavy atom. The molecule has 2 nitrogen and oxygen atoms in total. The van der Waals surface area contributed by atoms with Gasteiger partial charge in [0.15, 0.2) is 0 Å². The van der Waals surface area contributed by atoms with Gasteiger partial charge in [-0.25, -0.2) is 4.98 Å². The fourth-order valence-electron chi connectivity index (χ4n) is 2.31. The third-order valence-corrected chi connectivity index (χ3v) is 4.06. The molecular weight excluding hydrogens is 192 g/mol. The summed E-state index contributed by atoms with van der Waals surface area (Å²) in [5.41, 5.74) is 0. The predicted molar refractivity (Wildman–Crippen MR) is 60.7 cm³/mol. The van der Waals surface area contributed by atoms with Crippen LogP contribution < -0.4 is 5.32 Å². The highest BCUT2D eigenvalue weighted by atomic mass is 32.1. The molecule has 0 saturated carbocycles. The van der Waals surface area contributed by atoms with Crippen LogP contribution in [0.4, 0.5) is 0 Å². The molecule has 14 heavy (non-hydrogen) atoms. The van der Waals surface area contributed by atoms with E-state index < -0.39 is 0 Å². The second-order valence-corrected chi connectivity index (χ2v) is 5.30. The summed E-state index contributed by atoms with van der Waals surface area (Å²) in [6.07, 6.45) is 3.18. The van der Waals surface area contributed by atoms with Crippen LogP contribution in [0.2, 0.25) is 0 Å². The van der Waals surface area contributed by atoms with Crippen LogP contribution in [-0.4, -0.2) is 18.1 Å². The van der Waals surface area contributed by atoms with E-state index in [9.17, 15) is 0 Å². The predicted octanol–water partition coefficient (Wildman–Crippen LogP) is 2.49. The van der Waals surface area contributed by atoms with Crippen molar-refractivity contribution in [3.8, 4) is 0 Å². The summed E-state index contributed by atoms with van der Waals surface area (Å²) in [6.45, 7) is 6.94. The summed E-state index contributed by atoms with van der Waals surface area (Å²) in [5, 5.41) is 6.92. The third kappa shape index (κ3) is 1.98. The number of rotatable bonds is 2. The lowest BCUT2D eigenvalue weighted by Crippen LogP contribution is -2.37. The second-order valence-electron chi connectivity index (χ2n) is 4.38. The summed E-state index contributed by atoms with van der Waals surface area (Å²) >= 11 is 1.81. The molecule has 1 N–H and O–H groups in total. The first-order chi connectivity index (χ1) is 6.79. The Morgan fingerprint density at radius 2 is 2.43 bits per heavy atom. The van der Waals surface area contributed by atoms with Crippen molar-refractivity contribution >= 4 is 11.3 Å². The topological polar surface area (TPSA) is 24.9 Å². The van der Waals surface area contributed by atoms with Gasteiger partial charge in [-0.3, -0.25) is 0 Å². The molecule has 2 rings (SSSR count). The molecule has 2 unspecified atom stereocenters. The lowest BCUT2D eigenvalue weighted by Gasteiger charge is -2.33. The van der Waals surface area contributed by atoms with Crippen LogP contribution >= 0.6 is 11.3 Å². The SMILES string of the molecule is CC(C)C1CNCCC1c1nccs1. The first-order valence-corrected chi connectivity index (χ1v) is 6.27. The minimum absolute atomic E-state index is 0.691. The van der Waals surface area contributed by atoms with Gasteiger partial charge in [-0.2, -0.15) is 0 Å². The molecule has 0 bridgehead atoms. The molecule has 1 fully saturated rings. The van der Waals surface area contributed by atoms with Crippen LogP contribution in [0.1, 0.15) is 31.2 Å². The van der Waals surface area contributed by atoms with Gasteiger partial charge in [0, 0.05) is 17.5 Å². The summed E-state index contributed by atoms with van der Waals surface area (Å²) < 4.78 is 0. The van der Waals surface area contributed by atoms with Gasteiger partial charge >= 0.3 is 0 Å². The van der Waals surface area contributed by atoms with Crippen molar-refractivity contribution < 1.29 is 0 Å². The summed E-state index contributed by atoms with van der Waals surface area (Å²) in [5.74, 6) is 2.20. The van der Waals surface area contributed by atoms with E-state index in [1.165, 1.54) is 11.4 Å². The quantitative estimate of drug-likeness (QED) is 0.811. The molecule has 1 aliphatic heterocycles. The van der Waals surface area contributed by atoms with Crippen LogP contribution in [0, 0.1) is 11.8 Å². The van der Waals surface area contributed by atoms with Gasteiger partial charge in [0.05, 0.1) is 5.01 Å². The van der Waals surface area contributed by atoms with Gasteiger partial charge in [0.25, 0.3) is 0 Å². The van der Waals surface area contributed by atoms with Crippen LogP contribution in [0.25, 0.3) is 0 Å². The molecule has 2 heterocycles. The summed E-state index contributed by atoms with van der Waals surface area (Å²) in [6, 6.07) is 0. The molecule has 0 spiro atoms. The fourth-order valence-corrected chi connectivity index (χ4v) is 3.16. The molecule has 78 valence electrons. The highest BCUT2D eigenvalue weighted by molar-refractivity contribution is 7.09. The van der Waals surface area contributed by atoms with Crippen LogP contribution in [0.15, 0.2) is 11.6 Å². The first-order valence-electron chi connectivity index (χ1n) is 5.39. The number of nitrogens with zero attached hydrogens (tertiary/aromatic N) is 1. The zero-order valence-electron chi connectivity index (χ0n) is 8.86. The third-order valence-electron chi connectivity index (χ3n) is 3.15.